The summed E-state index contributed by atoms with van der Waals surface area (Å²) in [5.41, 5.74) is 9.14. The highest BCUT2D eigenvalue weighted by Gasteiger charge is 2.58. The molecule has 0 bridgehead atoms. The van der Waals surface area contributed by atoms with Gasteiger partial charge in [-0.05, 0) is 66.8 Å². The van der Waals surface area contributed by atoms with Crippen LogP contribution in [-0.2, 0) is 0 Å². The van der Waals surface area contributed by atoms with Crippen molar-refractivity contribution < 1.29 is 4.79 Å². The van der Waals surface area contributed by atoms with Gasteiger partial charge in [-0.2, -0.15) is 0 Å². The highest BCUT2D eigenvalue weighted by Crippen LogP contribution is 2.60. The Kier molecular flexibility index (Phi) is 4.27. The van der Waals surface area contributed by atoms with Gasteiger partial charge in [0.2, 0.25) is 0 Å². The van der Waals surface area contributed by atoms with Gasteiger partial charge in [0, 0.05) is 27.6 Å². The summed E-state index contributed by atoms with van der Waals surface area (Å²) < 4.78 is 0. The molecule has 6 heteroatoms. The minimum atomic E-state index is -0.0416. The molecule has 3 atom stereocenters. The fourth-order valence-corrected chi connectivity index (χ4v) is 4.08. The first kappa shape index (κ1) is 15.2. The second kappa shape index (κ2) is 6.19. The molecule has 0 heterocycles. The Hall–Kier alpha value is -1.71. The average Bonchev–Trinajstić information content (AvgIpc) is 3.00. The number of benzene rings is 1. The van der Waals surface area contributed by atoms with Crippen molar-refractivity contribution in [2.45, 2.75) is 38.3 Å². The summed E-state index contributed by atoms with van der Waals surface area (Å²) in [6.45, 7) is 2.10. The van der Waals surface area contributed by atoms with Gasteiger partial charge in [-0.15, -0.1) is 0 Å². The van der Waals surface area contributed by atoms with Gasteiger partial charge in [-0.25, -0.2) is 0 Å². The largest absolute Gasteiger partial charge is 0.349 e. The third kappa shape index (κ3) is 2.92. The van der Waals surface area contributed by atoms with Crippen LogP contribution in [0.15, 0.2) is 29.4 Å². The van der Waals surface area contributed by atoms with Crippen molar-refractivity contribution in [3.8, 4) is 0 Å². The Morgan fingerprint density at radius 1 is 1.41 bits per heavy atom. The van der Waals surface area contributed by atoms with Crippen molar-refractivity contribution >= 4 is 17.5 Å². The minimum absolute atomic E-state index is 0.0416. The second-order valence-electron chi connectivity index (χ2n) is 6.23. The van der Waals surface area contributed by atoms with E-state index in [2.05, 4.69) is 22.3 Å². The van der Waals surface area contributed by atoms with Gasteiger partial charge >= 0.3 is 0 Å². The molecule has 3 rings (SSSR count). The molecular formula is C16H19ClN4O. The Morgan fingerprint density at radius 3 is 2.59 bits per heavy atom. The number of rotatable bonds is 5. The van der Waals surface area contributed by atoms with Crippen LogP contribution < -0.4 is 5.32 Å². The van der Waals surface area contributed by atoms with E-state index in [9.17, 15) is 4.79 Å². The highest BCUT2D eigenvalue weighted by atomic mass is 35.5. The third-order valence-corrected chi connectivity index (χ3v) is 5.28. The van der Waals surface area contributed by atoms with Crippen LogP contribution in [0, 0.1) is 17.8 Å². The summed E-state index contributed by atoms with van der Waals surface area (Å²) in [6.07, 6.45) is 2.85. The summed E-state index contributed by atoms with van der Waals surface area (Å²) in [5.74, 6) is 1.70. The smallest absolute Gasteiger partial charge is 0.251 e. The summed E-state index contributed by atoms with van der Waals surface area (Å²) in [4.78, 5) is 15.2. The molecule has 0 spiro atoms. The van der Waals surface area contributed by atoms with Crippen molar-refractivity contribution in [3.05, 3.63) is 45.3 Å². The number of fused-ring (bicyclic) bond motifs is 1. The standard InChI is InChI=1S/C16H19ClN4O/c1-2-14(15-12-7-11(20-21-18)8-13(12)15)19-16(22)9-3-5-10(17)6-4-9/h3-6,11-15H,2,7-8H2,1H3,(H,19,22). The van der Waals surface area contributed by atoms with Gasteiger partial charge in [0.25, 0.3) is 5.91 Å². The fourth-order valence-electron chi connectivity index (χ4n) is 3.95. The Labute approximate surface area is 134 Å². The average molecular weight is 319 g/mol. The number of hydrogen-bond donors (Lipinski definition) is 1. The molecule has 2 aliphatic carbocycles. The molecule has 0 aromatic heterocycles. The van der Waals surface area contributed by atoms with E-state index in [1.54, 1.807) is 24.3 Å². The molecule has 0 saturated heterocycles. The van der Waals surface area contributed by atoms with Gasteiger partial charge in [0.1, 0.15) is 0 Å². The van der Waals surface area contributed by atoms with E-state index in [-0.39, 0.29) is 18.0 Å². The van der Waals surface area contributed by atoms with Gasteiger partial charge in [-0.1, -0.05) is 23.6 Å². The molecule has 1 amide bonds. The molecule has 1 N–H and O–H groups in total. The summed E-state index contributed by atoms with van der Waals surface area (Å²) in [6, 6.07) is 7.30. The van der Waals surface area contributed by atoms with Crippen molar-refractivity contribution in [3.63, 3.8) is 0 Å². The lowest BCUT2D eigenvalue weighted by molar-refractivity contribution is 0.0927. The predicted octanol–water partition coefficient (Wildman–Crippen LogP) is 4.18. The molecular weight excluding hydrogens is 300 g/mol. The molecule has 1 aromatic rings. The molecule has 0 radical (unpaired) electrons. The maximum Gasteiger partial charge on any atom is 0.251 e. The summed E-state index contributed by atoms with van der Waals surface area (Å²) in [5, 5.41) is 7.60. The molecule has 2 aliphatic rings. The van der Waals surface area contributed by atoms with Crippen molar-refractivity contribution in [2.75, 3.05) is 0 Å². The van der Waals surface area contributed by atoms with Crippen LogP contribution in [0.4, 0.5) is 0 Å². The number of nitrogens with one attached hydrogen (secondary N) is 1. The number of halogens is 1. The Morgan fingerprint density at radius 2 is 2.05 bits per heavy atom. The maximum atomic E-state index is 12.3. The van der Waals surface area contributed by atoms with Crippen LogP contribution in [0.5, 0.6) is 0 Å². The van der Waals surface area contributed by atoms with E-state index in [1.807, 2.05) is 0 Å². The Balaban J connectivity index is 1.59. The van der Waals surface area contributed by atoms with E-state index < -0.39 is 0 Å². The van der Waals surface area contributed by atoms with Gasteiger partial charge < -0.3 is 5.32 Å². The van der Waals surface area contributed by atoms with Crippen LogP contribution in [0.25, 0.3) is 10.4 Å². The molecule has 22 heavy (non-hydrogen) atoms. The van der Waals surface area contributed by atoms with Crippen molar-refractivity contribution in [1.29, 1.82) is 0 Å². The van der Waals surface area contributed by atoms with E-state index in [0.717, 1.165) is 19.3 Å². The van der Waals surface area contributed by atoms with E-state index in [1.165, 1.54) is 0 Å². The minimum Gasteiger partial charge on any atom is -0.349 e. The van der Waals surface area contributed by atoms with E-state index in [0.29, 0.717) is 28.3 Å². The zero-order chi connectivity index (χ0) is 15.7. The normalized spacial score (nSPS) is 30.1. The van der Waals surface area contributed by atoms with Crippen LogP contribution in [0.2, 0.25) is 5.02 Å². The summed E-state index contributed by atoms with van der Waals surface area (Å²) in [7, 11) is 0. The zero-order valence-corrected chi connectivity index (χ0v) is 13.2. The molecule has 1 aromatic carbocycles. The maximum absolute atomic E-state index is 12.3. The number of amides is 1. The van der Waals surface area contributed by atoms with Crippen molar-refractivity contribution in [1.82, 2.24) is 5.32 Å². The number of carbonyl (C=O) groups excluding carboxylic acids is 1. The zero-order valence-electron chi connectivity index (χ0n) is 12.4. The summed E-state index contributed by atoms with van der Waals surface area (Å²) >= 11 is 5.85. The topological polar surface area (TPSA) is 77.9 Å². The van der Waals surface area contributed by atoms with Crippen LogP contribution >= 0.6 is 11.6 Å². The lowest BCUT2D eigenvalue weighted by Gasteiger charge is -2.20. The molecule has 116 valence electrons. The number of carbonyl (C=O) groups is 1. The monoisotopic (exact) mass is 318 g/mol. The number of hydrogen-bond acceptors (Lipinski definition) is 2. The van der Waals surface area contributed by atoms with E-state index >= 15 is 0 Å². The SMILES string of the molecule is CCC(NC(=O)c1ccc(Cl)cc1)C1C2CC(N=[N+]=[N-])CC21. The fraction of sp³-hybridized carbons (Fsp3) is 0.562. The quantitative estimate of drug-likeness (QED) is 0.493. The van der Waals surface area contributed by atoms with Gasteiger partial charge in [-0.3, -0.25) is 4.79 Å². The van der Waals surface area contributed by atoms with Crippen LogP contribution in [0.3, 0.4) is 0 Å². The predicted molar refractivity (Wildman–Crippen MR) is 85.6 cm³/mol. The first-order valence-electron chi connectivity index (χ1n) is 7.74. The first-order valence-corrected chi connectivity index (χ1v) is 8.12. The van der Waals surface area contributed by atoms with E-state index in [4.69, 9.17) is 17.1 Å². The molecule has 2 fully saturated rings. The molecule has 2 saturated carbocycles. The third-order valence-electron chi connectivity index (χ3n) is 5.03. The number of azide groups is 1. The van der Waals surface area contributed by atoms with Gasteiger partial charge in [0.15, 0.2) is 0 Å². The molecule has 0 aliphatic heterocycles. The first-order chi connectivity index (χ1) is 10.6. The van der Waals surface area contributed by atoms with Gasteiger partial charge in [0.05, 0.1) is 0 Å². The number of nitrogens with zero attached hydrogens (tertiary/aromatic N) is 3. The molecule has 3 unspecified atom stereocenters. The molecule has 5 nitrogen and oxygen atoms in total. The lowest BCUT2D eigenvalue weighted by Crippen LogP contribution is -2.37. The van der Waals surface area contributed by atoms with Crippen LogP contribution in [0.1, 0.15) is 36.5 Å². The van der Waals surface area contributed by atoms with Crippen molar-refractivity contribution in [2.24, 2.45) is 22.9 Å². The van der Waals surface area contributed by atoms with Crippen LogP contribution in [-0.4, -0.2) is 18.0 Å². The highest BCUT2D eigenvalue weighted by molar-refractivity contribution is 6.30. The lowest BCUT2D eigenvalue weighted by atomic mass is 9.99. The Bertz CT molecular complexity index is 599. The second-order valence-corrected chi connectivity index (χ2v) is 6.67.